The normalized spacial score (nSPS) is 13.5. The quantitative estimate of drug-likeness (QED) is 0.148. The van der Waals surface area contributed by atoms with E-state index in [-0.39, 0.29) is 0 Å². The van der Waals surface area contributed by atoms with Crippen LogP contribution in [0.2, 0.25) is 0 Å². The Bertz CT molecular complexity index is 3030. The molecule has 0 bridgehead atoms. The van der Waals surface area contributed by atoms with Gasteiger partial charge in [-0.15, -0.1) is 0 Å². The third kappa shape index (κ3) is 6.00. The summed E-state index contributed by atoms with van der Waals surface area (Å²) in [5.74, 6) is 0. The number of hydrogen-bond donors (Lipinski definition) is 0. The maximum atomic E-state index is 2.49. The van der Waals surface area contributed by atoms with Crippen molar-refractivity contribution in [3.63, 3.8) is 0 Å². The molecule has 11 rings (SSSR count). The Morgan fingerprint density at radius 3 is 1.15 bits per heavy atom. The minimum Gasteiger partial charge on any atom is -0.314 e. The minimum absolute atomic E-state index is 0.451. The number of fused-ring (bicyclic) bond motifs is 7. The Balaban J connectivity index is 1.13. The summed E-state index contributed by atoms with van der Waals surface area (Å²) in [4.78, 5) is 2.47. The van der Waals surface area contributed by atoms with Gasteiger partial charge in [-0.25, -0.2) is 0 Å². The molecule has 0 amide bonds. The Hall–Kier alpha value is -7.74. The van der Waals surface area contributed by atoms with Crippen molar-refractivity contribution in [2.45, 2.75) is 19.3 Å². The first kappa shape index (κ1) is 37.3. The van der Waals surface area contributed by atoms with E-state index in [1.54, 1.807) is 0 Å². The van der Waals surface area contributed by atoms with Gasteiger partial charge in [-0.3, -0.25) is 0 Å². The lowest BCUT2D eigenvalue weighted by Crippen LogP contribution is -2.27. The van der Waals surface area contributed by atoms with Crippen LogP contribution in [0.25, 0.3) is 61.2 Å². The first-order valence-corrected chi connectivity index (χ1v) is 21.6. The van der Waals surface area contributed by atoms with E-state index in [0.717, 1.165) is 17.1 Å². The van der Waals surface area contributed by atoms with Crippen LogP contribution in [0, 0.1) is 0 Å². The van der Waals surface area contributed by atoms with Crippen LogP contribution < -0.4 is 4.90 Å². The van der Waals surface area contributed by atoms with Gasteiger partial charge in [0, 0.05) is 17.1 Å². The maximum Gasteiger partial charge on any atom is 0.0722 e. The van der Waals surface area contributed by atoms with Crippen molar-refractivity contribution in [3.8, 4) is 55.6 Å². The zero-order valence-electron chi connectivity index (χ0n) is 35.0. The largest absolute Gasteiger partial charge is 0.314 e. The van der Waals surface area contributed by atoms with Crippen LogP contribution in [0.5, 0.6) is 0 Å². The molecule has 0 aromatic heterocycles. The first-order valence-electron chi connectivity index (χ1n) is 21.6. The van der Waals surface area contributed by atoms with Gasteiger partial charge < -0.3 is 4.90 Å². The van der Waals surface area contributed by atoms with E-state index in [9.17, 15) is 0 Å². The number of rotatable bonds is 8. The monoisotopic (exact) mass is 791 g/mol. The summed E-state index contributed by atoms with van der Waals surface area (Å²) < 4.78 is 0. The molecule has 294 valence electrons. The standard InChI is InChI=1S/C61H45N/c1-42(39-60-43(2)50-29-13-16-36-57(50)61(60)58-37-17-14-34-55(58)56-35-15-18-38-59(56)61)62(48-27-19-25-46(40-48)53-32-11-9-30-51(53)44-21-5-3-6-22-44)49-28-20-26-47(41-49)54-33-12-10-31-52(54)45-23-7-4-8-24-45/h3-41H,1-2H3/b42-39+. The van der Waals surface area contributed by atoms with Gasteiger partial charge in [-0.05, 0) is 133 Å². The van der Waals surface area contributed by atoms with E-state index in [4.69, 9.17) is 0 Å². The molecule has 2 aliphatic carbocycles. The Kier molecular flexibility index (Phi) is 9.24. The van der Waals surface area contributed by atoms with Crippen molar-refractivity contribution in [3.05, 3.63) is 270 Å². The fourth-order valence-electron chi connectivity index (χ4n) is 10.4. The number of hydrogen-bond acceptors (Lipinski definition) is 1. The summed E-state index contributed by atoms with van der Waals surface area (Å²) in [6, 6.07) is 84.3. The average Bonchev–Trinajstić information content (AvgIpc) is 3.77. The molecule has 1 nitrogen and oxygen atoms in total. The third-order valence-electron chi connectivity index (χ3n) is 13.1. The molecule has 0 radical (unpaired) electrons. The molecule has 0 heterocycles. The number of nitrogens with zero attached hydrogens (tertiary/aromatic N) is 1. The SMILES string of the molecule is CC1=C(/C=C(\C)N(c2cccc(-c3ccccc3-c3ccccc3)c2)c2cccc(-c3ccccc3-c3ccccc3)c2)C2(c3ccccc31)c1ccccc1-c1ccccc12. The molecule has 0 saturated carbocycles. The zero-order chi connectivity index (χ0) is 41.6. The van der Waals surface area contributed by atoms with Gasteiger partial charge in [0.1, 0.15) is 0 Å². The van der Waals surface area contributed by atoms with Gasteiger partial charge in [0.05, 0.1) is 5.41 Å². The summed E-state index contributed by atoms with van der Waals surface area (Å²) in [5.41, 5.74) is 23.1. The Labute approximate surface area is 365 Å². The summed E-state index contributed by atoms with van der Waals surface area (Å²) in [5, 5.41) is 0. The predicted octanol–water partition coefficient (Wildman–Crippen LogP) is 16.2. The van der Waals surface area contributed by atoms with E-state index in [1.165, 1.54) is 89.0 Å². The van der Waals surface area contributed by atoms with Gasteiger partial charge in [0.25, 0.3) is 0 Å². The van der Waals surface area contributed by atoms with Gasteiger partial charge in [-0.2, -0.15) is 0 Å². The van der Waals surface area contributed by atoms with Crippen molar-refractivity contribution in [2.75, 3.05) is 4.90 Å². The molecular formula is C61H45N. The van der Waals surface area contributed by atoms with Gasteiger partial charge in [0.2, 0.25) is 0 Å². The Morgan fingerprint density at radius 1 is 0.355 bits per heavy atom. The molecule has 0 aliphatic heterocycles. The molecule has 2 aliphatic rings. The highest BCUT2D eigenvalue weighted by atomic mass is 15.1. The van der Waals surface area contributed by atoms with E-state index in [2.05, 4.69) is 255 Å². The molecule has 1 heteroatoms. The highest BCUT2D eigenvalue weighted by Crippen LogP contribution is 2.62. The molecule has 0 saturated heterocycles. The van der Waals surface area contributed by atoms with Crippen LogP contribution in [0.3, 0.4) is 0 Å². The summed E-state index contributed by atoms with van der Waals surface area (Å²) in [7, 11) is 0. The summed E-state index contributed by atoms with van der Waals surface area (Å²) >= 11 is 0. The smallest absolute Gasteiger partial charge is 0.0722 e. The summed E-state index contributed by atoms with van der Waals surface area (Å²) in [6.07, 6.45) is 2.49. The summed E-state index contributed by atoms with van der Waals surface area (Å²) in [6.45, 7) is 4.61. The van der Waals surface area contributed by atoms with E-state index < -0.39 is 5.41 Å². The van der Waals surface area contributed by atoms with Crippen LogP contribution in [-0.4, -0.2) is 0 Å². The van der Waals surface area contributed by atoms with Crippen molar-refractivity contribution < 1.29 is 0 Å². The van der Waals surface area contributed by atoms with Crippen molar-refractivity contribution in [1.29, 1.82) is 0 Å². The molecule has 1 spiro atoms. The molecule has 9 aromatic carbocycles. The highest BCUT2D eigenvalue weighted by molar-refractivity contribution is 5.96. The van der Waals surface area contributed by atoms with Crippen molar-refractivity contribution in [2.24, 2.45) is 0 Å². The lowest BCUT2D eigenvalue weighted by atomic mass is 9.69. The second kappa shape index (κ2) is 15.4. The number of allylic oxidation sites excluding steroid dienone is 4. The predicted molar refractivity (Wildman–Crippen MR) is 261 cm³/mol. The molecule has 9 aromatic rings. The molecule has 0 N–H and O–H groups in total. The lowest BCUT2D eigenvalue weighted by Gasteiger charge is -2.33. The molecule has 0 fully saturated rings. The molecule has 62 heavy (non-hydrogen) atoms. The van der Waals surface area contributed by atoms with Crippen molar-refractivity contribution in [1.82, 2.24) is 0 Å². The topological polar surface area (TPSA) is 3.24 Å². The number of benzene rings is 9. The fourth-order valence-corrected chi connectivity index (χ4v) is 10.4. The second-order valence-corrected chi connectivity index (χ2v) is 16.5. The zero-order valence-corrected chi connectivity index (χ0v) is 35.0. The fraction of sp³-hybridized carbons (Fsp3) is 0.0492. The molecule has 0 unspecified atom stereocenters. The van der Waals surface area contributed by atoms with E-state index in [0.29, 0.717) is 0 Å². The Morgan fingerprint density at radius 2 is 0.694 bits per heavy atom. The van der Waals surface area contributed by atoms with Crippen molar-refractivity contribution >= 4 is 16.9 Å². The van der Waals surface area contributed by atoms with Crippen LogP contribution in [0.4, 0.5) is 11.4 Å². The van der Waals surface area contributed by atoms with Crippen LogP contribution in [0.15, 0.2) is 248 Å². The number of anilines is 2. The average molecular weight is 792 g/mol. The van der Waals surface area contributed by atoms with E-state index >= 15 is 0 Å². The van der Waals surface area contributed by atoms with Gasteiger partial charge in [-0.1, -0.05) is 206 Å². The van der Waals surface area contributed by atoms with Crippen LogP contribution in [0.1, 0.15) is 36.1 Å². The van der Waals surface area contributed by atoms with E-state index in [1.807, 2.05) is 0 Å². The highest BCUT2D eigenvalue weighted by Gasteiger charge is 2.51. The maximum absolute atomic E-state index is 2.49. The lowest BCUT2D eigenvalue weighted by molar-refractivity contribution is 0.783. The minimum atomic E-state index is -0.451. The van der Waals surface area contributed by atoms with Gasteiger partial charge in [0.15, 0.2) is 0 Å². The van der Waals surface area contributed by atoms with Crippen LogP contribution >= 0.6 is 0 Å². The second-order valence-electron chi connectivity index (χ2n) is 16.5. The first-order chi connectivity index (χ1) is 30.6. The molecular weight excluding hydrogens is 747 g/mol. The molecule has 0 atom stereocenters. The van der Waals surface area contributed by atoms with Crippen LogP contribution in [-0.2, 0) is 5.41 Å². The van der Waals surface area contributed by atoms with Gasteiger partial charge >= 0.3 is 0 Å². The third-order valence-corrected chi connectivity index (χ3v) is 13.1.